The summed E-state index contributed by atoms with van der Waals surface area (Å²) in [4.78, 5) is 12.0. The lowest BCUT2D eigenvalue weighted by atomic mass is 10.1. The summed E-state index contributed by atoms with van der Waals surface area (Å²) in [6.45, 7) is 1.16. The molecule has 1 N–H and O–H groups in total. The quantitative estimate of drug-likeness (QED) is 0.943. The molecule has 1 aliphatic rings. The lowest BCUT2D eigenvalue weighted by molar-refractivity contribution is -0.0441. The Hall–Kier alpha value is -2.24. The zero-order chi connectivity index (χ0) is 14.7. The average Bonchev–Trinajstić information content (AvgIpc) is 3.02. The van der Waals surface area contributed by atoms with Crippen LogP contribution in [0, 0.1) is 5.82 Å². The van der Waals surface area contributed by atoms with Gasteiger partial charge < -0.3 is 14.8 Å². The number of benzene rings is 2. The highest BCUT2D eigenvalue weighted by Gasteiger charge is 2.18. The van der Waals surface area contributed by atoms with Gasteiger partial charge in [-0.3, -0.25) is 4.79 Å². The Balaban J connectivity index is 1.70. The molecule has 0 saturated carbocycles. The number of ether oxygens (including phenoxy) is 2. The van der Waals surface area contributed by atoms with Crippen LogP contribution in [0.2, 0.25) is 0 Å². The van der Waals surface area contributed by atoms with Crippen molar-refractivity contribution in [2.45, 2.75) is 6.29 Å². The molecule has 1 fully saturated rings. The van der Waals surface area contributed by atoms with Crippen molar-refractivity contribution in [3.8, 4) is 0 Å². The van der Waals surface area contributed by atoms with Crippen LogP contribution in [0.5, 0.6) is 0 Å². The van der Waals surface area contributed by atoms with Gasteiger partial charge in [-0.1, -0.05) is 24.3 Å². The van der Waals surface area contributed by atoms with E-state index >= 15 is 0 Å². The maximum atomic E-state index is 13.5. The smallest absolute Gasteiger partial charge is 0.258 e. The topological polar surface area (TPSA) is 47.6 Å². The third-order valence-corrected chi connectivity index (χ3v) is 3.18. The molecule has 0 aliphatic carbocycles. The van der Waals surface area contributed by atoms with E-state index in [1.165, 1.54) is 12.1 Å². The van der Waals surface area contributed by atoms with Crippen LogP contribution in [-0.2, 0) is 9.47 Å². The van der Waals surface area contributed by atoms with Crippen molar-refractivity contribution >= 4 is 11.6 Å². The molecule has 1 aliphatic heterocycles. The largest absolute Gasteiger partial charge is 0.346 e. The molecule has 0 radical (unpaired) electrons. The van der Waals surface area contributed by atoms with Gasteiger partial charge in [0.2, 0.25) is 0 Å². The number of halogens is 1. The van der Waals surface area contributed by atoms with Crippen molar-refractivity contribution in [1.29, 1.82) is 0 Å². The van der Waals surface area contributed by atoms with Crippen molar-refractivity contribution in [2.75, 3.05) is 18.5 Å². The van der Waals surface area contributed by atoms with Crippen LogP contribution in [0.3, 0.4) is 0 Å². The van der Waals surface area contributed by atoms with Crippen LogP contribution in [0.1, 0.15) is 22.2 Å². The molecule has 1 amide bonds. The SMILES string of the molecule is O=C(Nc1ccc(C2OCCO2)cc1)c1ccccc1F. The van der Waals surface area contributed by atoms with E-state index in [1.807, 2.05) is 12.1 Å². The number of anilines is 1. The van der Waals surface area contributed by atoms with Gasteiger partial charge in [-0.05, 0) is 24.3 Å². The zero-order valence-corrected chi connectivity index (χ0v) is 11.2. The number of carbonyl (C=O) groups is 1. The van der Waals surface area contributed by atoms with Crippen molar-refractivity contribution in [3.05, 3.63) is 65.5 Å². The first-order valence-corrected chi connectivity index (χ1v) is 6.63. The first kappa shape index (κ1) is 13.7. The summed E-state index contributed by atoms with van der Waals surface area (Å²) in [5.74, 6) is -1.02. The van der Waals surface area contributed by atoms with E-state index in [4.69, 9.17) is 9.47 Å². The van der Waals surface area contributed by atoms with E-state index < -0.39 is 11.7 Å². The molecule has 2 aromatic rings. The maximum absolute atomic E-state index is 13.5. The summed E-state index contributed by atoms with van der Waals surface area (Å²) in [6, 6.07) is 13.0. The fourth-order valence-corrected chi connectivity index (χ4v) is 2.12. The Morgan fingerprint density at radius 3 is 2.38 bits per heavy atom. The summed E-state index contributed by atoms with van der Waals surface area (Å²) in [6.07, 6.45) is -0.346. The third-order valence-electron chi connectivity index (χ3n) is 3.18. The second-order valence-electron chi connectivity index (χ2n) is 4.63. The Morgan fingerprint density at radius 1 is 1.05 bits per heavy atom. The highest BCUT2D eigenvalue weighted by Crippen LogP contribution is 2.24. The first-order chi connectivity index (χ1) is 10.2. The highest BCUT2D eigenvalue weighted by atomic mass is 19.1. The van der Waals surface area contributed by atoms with E-state index in [1.54, 1.807) is 24.3 Å². The predicted octanol–water partition coefficient (Wildman–Crippen LogP) is 3.12. The molecule has 1 heterocycles. The van der Waals surface area contributed by atoms with E-state index in [-0.39, 0.29) is 11.9 Å². The van der Waals surface area contributed by atoms with Crippen molar-refractivity contribution in [1.82, 2.24) is 0 Å². The average molecular weight is 287 g/mol. The van der Waals surface area contributed by atoms with Gasteiger partial charge in [0.25, 0.3) is 5.91 Å². The van der Waals surface area contributed by atoms with Crippen LogP contribution in [0.4, 0.5) is 10.1 Å². The second kappa shape index (κ2) is 6.03. The molecule has 0 atom stereocenters. The van der Waals surface area contributed by atoms with E-state index in [0.29, 0.717) is 18.9 Å². The molecule has 1 saturated heterocycles. The lowest BCUT2D eigenvalue weighted by Gasteiger charge is -2.10. The van der Waals surface area contributed by atoms with E-state index in [9.17, 15) is 9.18 Å². The molecular formula is C16H14FNO3. The Labute approximate surface area is 121 Å². The summed E-state index contributed by atoms with van der Waals surface area (Å²) < 4.78 is 24.3. The van der Waals surface area contributed by atoms with Gasteiger partial charge in [-0.2, -0.15) is 0 Å². The predicted molar refractivity (Wildman–Crippen MR) is 75.4 cm³/mol. The third kappa shape index (κ3) is 3.09. The molecule has 0 aromatic heterocycles. The summed E-state index contributed by atoms with van der Waals surface area (Å²) in [5, 5.41) is 2.66. The monoisotopic (exact) mass is 287 g/mol. The maximum Gasteiger partial charge on any atom is 0.258 e. The van der Waals surface area contributed by atoms with Crippen molar-refractivity contribution in [2.24, 2.45) is 0 Å². The molecule has 21 heavy (non-hydrogen) atoms. The molecule has 0 spiro atoms. The highest BCUT2D eigenvalue weighted by molar-refractivity contribution is 6.04. The summed E-state index contributed by atoms with van der Waals surface area (Å²) in [7, 11) is 0. The number of carbonyl (C=O) groups excluding carboxylic acids is 1. The molecule has 5 heteroatoms. The van der Waals surface area contributed by atoms with E-state index in [2.05, 4.69) is 5.32 Å². The number of rotatable bonds is 3. The minimum Gasteiger partial charge on any atom is -0.346 e. The van der Waals surface area contributed by atoms with E-state index in [0.717, 1.165) is 5.56 Å². The van der Waals surface area contributed by atoms with Gasteiger partial charge >= 0.3 is 0 Å². The van der Waals surface area contributed by atoms with Gasteiger partial charge in [0.05, 0.1) is 18.8 Å². The van der Waals surface area contributed by atoms with Crippen LogP contribution in [0.25, 0.3) is 0 Å². The Kier molecular flexibility index (Phi) is 3.94. The number of hydrogen-bond donors (Lipinski definition) is 1. The van der Waals surface area contributed by atoms with Crippen LogP contribution >= 0.6 is 0 Å². The Morgan fingerprint density at radius 2 is 1.71 bits per heavy atom. The van der Waals surface area contributed by atoms with Crippen molar-refractivity contribution < 1.29 is 18.7 Å². The Bertz CT molecular complexity index is 636. The number of amides is 1. The lowest BCUT2D eigenvalue weighted by Crippen LogP contribution is -2.13. The van der Waals surface area contributed by atoms with Crippen LogP contribution in [-0.4, -0.2) is 19.1 Å². The molecule has 2 aromatic carbocycles. The van der Waals surface area contributed by atoms with Crippen LogP contribution < -0.4 is 5.32 Å². The normalized spacial score (nSPS) is 15.1. The van der Waals surface area contributed by atoms with Gasteiger partial charge in [-0.25, -0.2) is 4.39 Å². The van der Waals surface area contributed by atoms with Crippen molar-refractivity contribution in [3.63, 3.8) is 0 Å². The minimum atomic E-state index is -0.542. The van der Waals surface area contributed by atoms with Crippen LogP contribution in [0.15, 0.2) is 48.5 Å². The minimum absolute atomic E-state index is 0.0176. The summed E-state index contributed by atoms with van der Waals surface area (Å²) >= 11 is 0. The molecule has 108 valence electrons. The number of nitrogens with one attached hydrogen (secondary N) is 1. The standard InChI is InChI=1S/C16H14FNO3/c17-14-4-2-1-3-13(14)15(19)18-12-7-5-11(6-8-12)16-20-9-10-21-16/h1-8,16H,9-10H2,(H,18,19). The fraction of sp³-hybridized carbons (Fsp3) is 0.188. The second-order valence-corrected chi connectivity index (χ2v) is 4.63. The molecule has 3 rings (SSSR count). The van der Waals surface area contributed by atoms with Gasteiger partial charge in [-0.15, -0.1) is 0 Å². The van der Waals surface area contributed by atoms with Gasteiger partial charge in [0, 0.05) is 11.3 Å². The van der Waals surface area contributed by atoms with Gasteiger partial charge in [0.1, 0.15) is 5.82 Å². The van der Waals surface area contributed by atoms with Gasteiger partial charge in [0.15, 0.2) is 6.29 Å². The molecular weight excluding hydrogens is 273 g/mol. The summed E-state index contributed by atoms with van der Waals surface area (Å²) in [5.41, 5.74) is 1.49. The molecule has 0 unspecified atom stereocenters. The zero-order valence-electron chi connectivity index (χ0n) is 11.2. The molecule has 0 bridgehead atoms. The first-order valence-electron chi connectivity index (χ1n) is 6.63. The molecule has 4 nitrogen and oxygen atoms in total. The number of hydrogen-bond acceptors (Lipinski definition) is 3. The fourth-order valence-electron chi connectivity index (χ4n) is 2.12.